The average molecular weight is 371 g/mol. The summed E-state index contributed by atoms with van der Waals surface area (Å²) in [5.74, 6) is -1.47. The van der Waals surface area contributed by atoms with Gasteiger partial charge in [0.1, 0.15) is 11.9 Å². The molecule has 1 aliphatic heterocycles. The fourth-order valence-corrected chi connectivity index (χ4v) is 4.04. The normalized spacial score (nSPS) is 17.2. The second-order valence-electron chi connectivity index (χ2n) is 6.16. The maximum atomic E-state index is 13.0. The number of nitrogens with one attached hydrogen (secondary N) is 2. The lowest BCUT2D eigenvalue weighted by molar-refractivity contribution is -0.131. The Hall–Kier alpha value is -1.81. The molecule has 1 heterocycles. The molecule has 1 atom stereocenters. The van der Waals surface area contributed by atoms with E-state index >= 15 is 0 Å². The summed E-state index contributed by atoms with van der Waals surface area (Å²) in [4.78, 5) is 11.6. The minimum atomic E-state index is -3.89. The Balaban J connectivity index is 2.09. The van der Waals surface area contributed by atoms with Crippen molar-refractivity contribution in [3.05, 3.63) is 41.7 Å². The largest absolute Gasteiger partial charge is 0.289 e. The van der Waals surface area contributed by atoms with E-state index in [1.165, 1.54) is 21.9 Å². The average Bonchev–Trinajstić information content (AvgIpc) is 2.59. The second-order valence-corrected chi connectivity index (χ2v) is 7.87. The molecule has 0 radical (unpaired) electrons. The fourth-order valence-electron chi connectivity index (χ4n) is 2.59. The number of hydroxylamine groups is 1. The lowest BCUT2D eigenvalue weighted by Crippen LogP contribution is -2.53. The Morgan fingerprint density at radius 1 is 1.28 bits per heavy atom. The minimum Gasteiger partial charge on any atom is -0.289 e. The Labute approximate surface area is 146 Å². The van der Waals surface area contributed by atoms with Crippen LogP contribution < -0.4 is 10.2 Å². The van der Waals surface area contributed by atoms with Crippen LogP contribution in [0.15, 0.2) is 30.3 Å². The van der Waals surface area contributed by atoms with E-state index in [4.69, 9.17) is 5.21 Å². The summed E-state index contributed by atoms with van der Waals surface area (Å²) in [6.45, 7) is 3.73. The van der Waals surface area contributed by atoms with E-state index in [0.29, 0.717) is 6.42 Å². The van der Waals surface area contributed by atoms with Crippen LogP contribution in [0.2, 0.25) is 0 Å². The van der Waals surface area contributed by atoms with Gasteiger partial charge in [0.2, 0.25) is 0 Å². The van der Waals surface area contributed by atoms with E-state index in [1.54, 1.807) is 32.1 Å². The van der Waals surface area contributed by atoms with Gasteiger partial charge in [0.15, 0.2) is 0 Å². The Kier molecular flexibility index (Phi) is 6.28. The van der Waals surface area contributed by atoms with Crippen LogP contribution in [0.1, 0.15) is 25.8 Å². The van der Waals surface area contributed by atoms with Gasteiger partial charge in [0.25, 0.3) is 16.1 Å². The first-order valence-corrected chi connectivity index (χ1v) is 9.35. The second kappa shape index (κ2) is 8.05. The van der Waals surface area contributed by atoms with Crippen molar-refractivity contribution in [3.8, 4) is 0 Å². The summed E-state index contributed by atoms with van der Waals surface area (Å²) in [6, 6.07) is 4.97. The van der Waals surface area contributed by atoms with E-state index in [2.05, 4.69) is 4.72 Å². The standard InChI is InChI=1S/C16H22FN3O4S/c1-11(2)15(16(21)18-22)19-25(23,24)20-9-7-13(8-10-20)12-3-5-14(17)6-4-12/h3-7,11,15,19,22H,8-10H2,1-2H3,(H,18,21)/t15-/m1/s1. The maximum Gasteiger partial charge on any atom is 0.280 e. The highest BCUT2D eigenvalue weighted by atomic mass is 32.2. The Bertz CT molecular complexity index is 747. The van der Waals surface area contributed by atoms with E-state index in [-0.39, 0.29) is 24.8 Å². The molecule has 7 nitrogen and oxygen atoms in total. The molecule has 138 valence electrons. The van der Waals surface area contributed by atoms with Gasteiger partial charge in [-0.15, -0.1) is 0 Å². The first kappa shape index (κ1) is 19.5. The van der Waals surface area contributed by atoms with E-state index in [0.717, 1.165) is 11.1 Å². The van der Waals surface area contributed by atoms with Crippen LogP contribution in [0, 0.1) is 11.7 Å². The predicted molar refractivity (Wildman–Crippen MR) is 91.2 cm³/mol. The molecular weight excluding hydrogens is 349 g/mol. The number of hydrogen-bond acceptors (Lipinski definition) is 4. The highest BCUT2D eigenvalue weighted by Crippen LogP contribution is 2.23. The Morgan fingerprint density at radius 3 is 2.40 bits per heavy atom. The Morgan fingerprint density at radius 2 is 1.92 bits per heavy atom. The number of halogens is 1. The quantitative estimate of drug-likeness (QED) is 0.518. The number of benzene rings is 1. The van der Waals surface area contributed by atoms with Gasteiger partial charge in [0, 0.05) is 13.1 Å². The van der Waals surface area contributed by atoms with Crippen molar-refractivity contribution in [1.29, 1.82) is 0 Å². The lowest BCUT2D eigenvalue weighted by Gasteiger charge is -2.29. The molecule has 3 N–H and O–H groups in total. The predicted octanol–water partition coefficient (Wildman–Crippen LogP) is 1.28. The van der Waals surface area contributed by atoms with Gasteiger partial charge >= 0.3 is 0 Å². The summed E-state index contributed by atoms with van der Waals surface area (Å²) in [6.07, 6.45) is 2.25. The van der Waals surface area contributed by atoms with Crippen LogP contribution in [-0.2, 0) is 15.0 Å². The number of amides is 1. The molecule has 9 heteroatoms. The highest BCUT2D eigenvalue weighted by Gasteiger charge is 2.31. The molecule has 0 spiro atoms. The summed E-state index contributed by atoms with van der Waals surface area (Å²) in [5, 5.41) is 8.76. The number of hydrogen-bond donors (Lipinski definition) is 3. The van der Waals surface area contributed by atoms with Gasteiger partial charge < -0.3 is 0 Å². The third-order valence-corrected chi connectivity index (χ3v) is 5.63. The van der Waals surface area contributed by atoms with Crippen LogP contribution in [0.3, 0.4) is 0 Å². The maximum absolute atomic E-state index is 13.0. The van der Waals surface area contributed by atoms with Crippen molar-refractivity contribution >= 4 is 21.7 Å². The fraction of sp³-hybridized carbons (Fsp3) is 0.438. The van der Waals surface area contributed by atoms with E-state index < -0.39 is 22.2 Å². The summed E-state index contributed by atoms with van der Waals surface area (Å²) < 4.78 is 41.5. The highest BCUT2D eigenvalue weighted by molar-refractivity contribution is 7.87. The third kappa shape index (κ3) is 4.85. The number of carbonyl (C=O) groups excluding carboxylic acids is 1. The smallest absolute Gasteiger partial charge is 0.280 e. The molecule has 1 aliphatic rings. The molecule has 1 aromatic rings. The first-order valence-electron chi connectivity index (χ1n) is 7.91. The van der Waals surface area contributed by atoms with Crippen molar-refractivity contribution in [1.82, 2.24) is 14.5 Å². The molecule has 0 saturated carbocycles. The SMILES string of the molecule is CC(C)[C@@H](NS(=O)(=O)N1CC=C(c2ccc(F)cc2)CC1)C(=O)NO. The molecule has 0 unspecified atom stereocenters. The van der Waals surface area contributed by atoms with Gasteiger partial charge in [-0.25, -0.2) is 9.87 Å². The van der Waals surface area contributed by atoms with E-state index in [1.807, 2.05) is 0 Å². The zero-order chi connectivity index (χ0) is 18.6. The topological polar surface area (TPSA) is 98.7 Å². The number of carbonyl (C=O) groups is 1. The van der Waals surface area contributed by atoms with Crippen molar-refractivity contribution < 1.29 is 22.8 Å². The summed E-state index contributed by atoms with van der Waals surface area (Å²) in [5.41, 5.74) is 3.28. The third-order valence-electron chi connectivity index (χ3n) is 4.06. The molecule has 0 aliphatic carbocycles. The summed E-state index contributed by atoms with van der Waals surface area (Å²) in [7, 11) is -3.89. The van der Waals surface area contributed by atoms with E-state index in [9.17, 15) is 17.6 Å². The molecule has 0 fully saturated rings. The molecule has 0 bridgehead atoms. The van der Waals surface area contributed by atoms with Gasteiger partial charge in [0.05, 0.1) is 0 Å². The van der Waals surface area contributed by atoms with Crippen LogP contribution >= 0.6 is 0 Å². The number of rotatable bonds is 6. The molecule has 1 aromatic carbocycles. The summed E-state index contributed by atoms with van der Waals surface area (Å²) >= 11 is 0. The van der Waals surface area contributed by atoms with Crippen LogP contribution in [0.4, 0.5) is 4.39 Å². The molecule has 25 heavy (non-hydrogen) atoms. The van der Waals surface area contributed by atoms with Gasteiger partial charge in [-0.1, -0.05) is 32.1 Å². The zero-order valence-electron chi connectivity index (χ0n) is 14.1. The monoisotopic (exact) mass is 371 g/mol. The van der Waals surface area contributed by atoms with Crippen molar-refractivity contribution in [2.75, 3.05) is 13.1 Å². The molecule has 1 amide bonds. The molecule has 0 saturated heterocycles. The van der Waals surface area contributed by atoms with Gasteiger partial charge in [-0.05, 0) is 35.6 Å². The first-order chi connectivity index (χ1) is 11.7. The molecule has 0 aromatic heterocycles. The van der Waals surface area contributed by atoms with Gasteiger partial charge in [-0.3, -0.25) is 10.0 Å². The molecular formula is C16H22FN3O4S. The van der Waals surface area contributed by atoms with Gasteiger partial charge in [-0.2, -0.15) is 17.4 Å². The van der Waals surface area contributed by atoms with Crippen molar-refractivity contribution in [2.24, 2.45) is 5.92 Å². The lowest BCUT2D eigenvalue weighted by atomic mass is 10.0. The molecule has 2 rings (SSSR count). The number of nitrogens with zero attached hydrogens (tertiary/aromatic N) is 1. The minimum absolute atomic E-state index is 0.146. The van der Waals surface area contributed by atoms with Crippen molar-refractivity contribution in [2.45, 2.75) is 26.3 Å². The van der Waals surface area contributed by atoms with Crippen molar-refractivity contribution in [3.63, 3.8) is 0 Å². The van der Waals surface area contributed by atoms with Crippen LogP contribution in [0.5, 0.6) is 0 Å². The zero-order valence-corrected chi connectivity index (χ0v) is 14.9. The van der Waals surface area contributed by atoms with Crippen LogP contribution in [0.25, 0.3) is 5.57 Å². The van der Waals surface area contributed by atoms with Crippen LogP contribution in [-0.4, -0.2) is 43.0 Å².